The fourth-order valence-electron chi connectivity index (χ4n) is 2.18. The van der Waals surface area contributed by atoms with Crippen molar-refractivity contribution < 1.29 is 0 Å². The van der Waals surface area contributed by atoms with E-state index in [2.05, 4.69) is 40.1 Å². The normalized spacial score (nSPS) is 10.6. The first-order valence-electron chi connectivity index (χ1n) is 7.15. The number of nitrogens with zero attached hydrogens (tertiary/aromatic N) is 2. The van der Waals surface area contributed by atoms with Crippen molar-refractivity contribution >= 4 is 11.6 Å². The van der Waals surface area contributed by atoms with E-state index < -0.39 is 0 Å². The molecule has 1 heterocycles. The second-order valence-corrected chi connectivity index (χ2v) is 4.95. The Balaban J connectivity index is 2.00. The van der Waals surface area contributed by atoms with E-state index >= 15 is 0 Å². The first-order chi connectivity index (χ1) is 9.29. The summed E-state index contributed by atoms with van der Waals surface area (Å²) < 4.78 is 2.22. The zero-order valence-electron chi connectivity index (χ0n) is 11.9. The standard InChI is InChI=1S/C16H23N3/c1-3-4-5-9-12-19-13-14(2)17-16(19)18-15-10-7-6-8-11-15/h6-8,10-11,13H,3-5,9,12H2,1-2H3,(H,17,18). The summed E-state index contributed by atoms with van der Waals surface area (Å²) in [5.41, 5.74) is 2.15. The predicted molar refractivity (Wildman–Crippen MR) is 80.8 cm³/mol. The average Bonchev–Trinajstić information content (AvgIpc) is 2.76. The Hall–Kier alpha value is -1.77. The van der Waals surface area contributed by atoms with Crippen LogP contribution in [0, 0.1) is 6.92 Å². The van der Waals surface area contributed by atoms with Crippen LogP contribution in [-0.4, -0.2) is 9.55 Å². The zero-order valence-corrected chi connectivity index (χ0v) is 11.9. The highest BCUT2D eigenvalue weighted by Gasteiger charge is 2.05. The SMILES string of the molecule is CCCCCCn1cc(C)nc1Nc1ccccc1. The molecule has 0 bridgehead atoms. The van der Waals surface area contributed by atoms with Crippen LogP contribution in [0.25, 0.3) is 0 Å². The Labute approximate surface area is 115 Å². The molecule has 3 heteroatoms. The highest BCUT2D eigenvalue weighted by molar-refractivity contribution is 5.53. The van der Waals surface area contributed by atoms with E-state index in [0.717, 1.165) is 23.9 Å². The molecule has 0 saturated carbocycles. The van der Waals surface area contributed by atoms with E-state index in [9.17, 15) is 0 Å². The van der Waals surface area contributed by atoms with Gasteiger partial charge in [0, 0.05) is 18.4 Å². The third-order valence-corrected chi connectivity index (χ3v) is 3.18. The van der Waals surface area contributed by atoms with Gasteiger partial charge in [0.2, 0.25) is 5.95 Å². The van der Waals surface area contributed by atoms with Crippen LogP contribution in [0.4, 0.5) is 11.6 Å². The second-order valence-electron chi connectivity index (χ2n) is 4.95. The quantitative estimate of drug-likeness (QED) is 0.739. The zero-order chi connectivity index (χ0) is 13.5. The Morgan fingerprint density at radius 3 is 2.63 bits per heavy atom. The highest BCUT2D eigenvalue weighted by atomic mass is 15.2. The van der Waals surface area contributed by atoms with Gasteiger partial charge in [0.1, 0.15) is 0 Å². The molecule has 0 fully saturated rings. The van der Waals surface area contributed by atoms with E-state index in [4.69, 9.17) is 0 Å². The number of para-hydroxylation sites is 1. The highest BCUT2D eigenvalue weighted by Crippen LogP contribution is 2.17. The minimum atomic E-state index is 0.945. The molecule has 0 spiro atoms. The van der Waals surface area contributed by atoms with Gasteiger partial charge in [-0.1, -0.05) is 44.4 Å². The molecule has 2 aromatic rings. The number of benzene rings is 1. The Morgan fingerprint density at radius 2 is 1.89 bits per heavy atom. The maximum Gasteiger partial charge on any atom is 0.207 e. The Bertz CT molecular complexity index is 488. The van der Waals surface area contributed by atoms with E-state index in [1.807, 2.05) is 25.1 Å². The number of anilines is 2. The van der Waals surface area contributed by atoms with Crippen LogP contribution in [0.1, 0.15) is 38.3 Å². The van der Waals surface area contributed by atoms with Crippen molar-refractivity contribution in [2.24, 2.45) is 0 Å². The summed E-state index contributed by atoms with van der Waals surface area (Å²) in [4.78, 5) is 4.56. The third-order valence-electron chi connectivity index (χ3n) is 3.18. The van der Waals surface area contributed by atoms with Gasteiger partial charge in [-0.05, 0) is 25.5 Å². The molecule has 0 aliphatic rings. The minimum Gasteiger partial charge on any atom is -0.326 e. The summed E-state index contributed by atoms with van der Waals surface area (Å²) in [5.74, 6) is 0.945. The smallest absolute Gasteiger partial charge is 0.207 e. The van der Waals surface area contributed by atoms with Crippen molar-refractivity contribution in [3.8, 4) is 0 Å². The maximum atomic E-state index is 4.56. The molecule has 1 aromatic heterocycles. The molecule has 1 N–H and O–H groups in total. The third kappa shape index (κ3) is 4.12. The fraction of sp³-hybridized carbons (Fsp3) is 0.438. The van der Waals surface area contributed by atoms with Gasteiger partial charge >= 0.3 is 0 Å². The molecule has 3 nitrogen and oxygen atoms in total. The van der Waals surface area contributed by atoms with Crippen molar-refractivity contribution in [1.82, 2.24) is 9.55 Å². The molecular weight excluding hydrogens is 234 g/mol. The van der Waals surface area contributed by atoms with E-state index in [1.54, 1.807) is 0 Å². The topological polar surface area (TPSA) is 29.9 Å². The minimum absolute atomic E-state index is 0.945. The van der Waals surface area contributed by atoms with Crippen LogP contribution in [0.5, 0.6) is 0 Å². The van der Waals surface area contributed by atoms with E-state index in [1.165, 1.54) is 25.7 Å². The number of aryl methyl sites for hydroxylation is 2. The van der Waals surface area contributed by atoms with Gasteiger partial charge < -0.3 is 9.88 Å². The summed E-state index contributed by atoms with van der Waals surface area (Å²) in [7, 11) is 0. The molecule has 1 aromatic carbocycles. The van der Waals surface area contributed by atoms with Crippen LogP contribution in [-0.2, 0) is 6.54 Å². The van der Waals surface area contributed by atoms with Crippen molar-refractivity contribution in [1.29, 1.82) is 0 Å². The summed E-state index contributed by atoms with van der Waals surface area (Å²) in [6.45, 7) is 5.32. The van der Waals surface area contributed by atoms with E-state index in [0.29, 0.717) is 0 Å². The maximum absolute atomic E-state index is 4.56. The number of hydrogen-bond acceptors (Lipinski definition) is 2. The molecule has 0 saturated heterocycles. The van der Waals surface area contributed by atoms with Crippen LogP contribution < -0.4 is 5.32 Å². The predicted octanol–water partition coefficient (Wildman–Crippen LogP) is 4.52. The largest absolute Gasteiger partial charge is 0.326 e. The molecule has 0 radical (unpaired) electrons. The molecule has 0 amide bonds. The van der Waals surface area contributed by atoms with Crippen molar-refractivity contribution in [2.45, 2.75) is 46.1 Å². The second kappa shape index (κ2) is 6.98. The summed E-state index contributed by atoms with van der Waals surface area (Å²) >= 11 is 0. The first-order valence-corrected chi connectivity index (χ1v) is 7.15. The average molecular weight is 257 g/mol. The van der Waals surface area contributed by atoms with Gasteiger partial charge in [-0.25, -0.2) is 4.98 Å². The molecule has 2 rings (SSSR count). The van der Waals surface area contributed by atoms with Gasteiger partial charge in [-0.15, -0.1) is 0 Å². The molecular formula is C16H23N3. The van der Waals surface area contributed by atoms with Gasteiger partial charge in [0.05, 0.1) is 5.69 Å². The van der Waals surface area contributed by atoms with Gasteiger partial charge in [0.25, 0.3) is 0 Å². The lowest BCUT2D eigenvalue weighted by Crippen LogP contribution is -2.03. The number of aromatic nitrogens is 2. The molecule has 0 aliphatic heterocycles. The van der Waals surface area contributed by atoms with Gasteiger partial charge in [0.15, 0.2) is 0 Å². The van der Waals surface area contributed by atoms with Gasteiger partial charge in [-0.2, -0.15) is 0 Å². The molecule has 0 aliphatic carbocycles. The summed E-state index contributed by atoms with van der Waals surface area (Å²) in [6, 6.07) is 10.2. The van der Waals surface area contributed by atoms with Crippen molar-refractivity contribution in [3.63, 3.8) is 0 Å². The number of unbranched alkanes of at least 4 members (excludes halogenated alkanes) is 3. The number of nitrogens with one attached hydrogen (secondary N) is 1. The molecule has 0 unspecified atom stereocenters. The lowest BCUT2D eigenvalue weighted by Gasteiger charge is -2.09. The number of imidazole rings is 1. The van der Waals surface area contributed by atoms with Crippen molar-refractivity contribution in [2.75, 3.05) is 5.32 Å². The number of rotatable bonds is 7. The molecule has 0 atom stereocenters. The summed E-state index contributed by atoms with van der Waals surface area (Å²) in [5, 5.41) is 3.39. The van der Waals surface area contributed by atoms with Crippen LogP contribution in [0.15, 0.2) is 36.5 Å². The fourth-order valence-corrected chi connectivity index (χ4v) is 2.18. The Kier molecular flexibility index (Phi) is 5.01. The summed E-state index contributed by atoms with van der Waals surface area (Å²) in [6.07, 6.45) is 7.22. The lowest BCUT2D eigenvalue weighted by molar-refractivity contribution is 0.586. The van der Waals surface area contributed by atoms with Crippen LogP contribution in [0.3, 0.4) is 0 Å². The number of hydrogen-bond donors (Lipinski definition) is 1. The van der Waals surface area contributed by atoms with Crippen LogP contribution in [0.2, 0.25) is 0 Å². The van der Waals surface area contributed by atoms with E-state index in [-0.39, 0.29) is 0 Å². The van der Waals surface area contributed by atoms with Gasteiger partial charge in [-0.3, -0.25) is 0 Å². The van der Waals surface area contributed by atoms with Crippen molar-refractivity contribution in [3.05, 3.63) is 42.2 Å². The lowest BCUT2D eigenvalue weighted by atomic mass is 10.2. The molecule has 19 heavy (non-hydrogen) atoms. The Morgan fingerprint density at radius 1 is 1.11 bits per heavy atom. The molecule has 102 valence electrons. The first kappa shape index (κ1) is 13.7. The van der Waals surface area contributed by atoms with Crippen LogP contribution >= 0.6 is 0 Å². The monoisotopic (exact) mass is 257 g/mol.